The first-order valence-electron chi connectivity index (χ1n) is 5.57. The summed E-state index contributed by atoms with van der Waals surface area (Å²) in [5, 5.41) is 10.6. The molecule has 4 nitrogen and oxygen atoms in total. The molecule has 5 heteroatoms. The predicted octanol–water partition coefficient (Wildman–Crippen LogP) is 3.73. The van der Waals surface area contributed by atoms with Gasteiger partial charge in [-0.3, -0.25) is 10.1 Å². The molecule has 1 aromatic carbocycles. The molecular formula is C12H14N2O2S. The number of nitro benzene ring substituents is 1. The van der Waals surface area contributed by atoms with Crippen LogP contribution in [0.1, 0.15) is 25.7 Å². The first-order valence-corrected chi connectivity index (χ1v) is 6.39. The Kier molecular flexibility index (Phi) is 3.68. The number of thioether (sulfide) groups is 1. The molecular weight excluding hydrogens is 236 g/mol. The molecule has 0 bridgehead atoms. The van der Waals surface area contributed by atoms with Gasteiger partial charge >= 0.3 is 0 Å². The molecule has 0 aromatic heterocycles. The van der Waals surface area contributed by atoms with E-state index in [4.69, 9.17) is 5.73 Å². The van der Waals surface area contributed by atoms with E-state index < -0.39 is 4.92 Å². The molecule has 0 heterocycles. The molecule has 0 unspecified atom stereocenters. The van der Waals surface area contributed by atoms with Crippen molar-refractivity contribution in [2.24, 2.45) is 0 Å². The lowest BCUT2D eigenvalue weighted by molar-refractivity contribution is -0.383. The van der Waals surface area contributed by atoms with E-state index in [-0.39, 0.29) is 11.4 Å². The van der Waals surface area contributed by atoms with Crippen molar-refractivity contribution >= 4 is 23.1 Å². The van der Waals surface area contributed by atoms with Crippen LogP contribution in [0.25, 0.3) is 0 Å². The fraction of sp³-hybridized carbons (Fsp3) is 0.333. The average Bonchev–Trinajstić information content (AvgIpc) is 2.30. The van der Waals surface area contributed by atoms with Crippen molar-refractivity contribution in [1.82, 2.24) is 0 Å². The van der Waals surface area contributed by atoms with Crippen LogP contribution in [0.2, 0.25) is 0 Å². The molecule has 2 N–H and O–H groups in total. The number of anilines is 1. The molecule has 0 saturated carbocycles. The number of nitrogens with zero attached hydrogens (tertiary/aromatic N) is 1. The first kappa shape index (κ1) is 12.0. The zero-order valence-corrected chi connectivity index (χ0v) is 10.2. The van der Waals surface area contributed by atoms with Gasteiger partial charge in [-0.2, -0.15) is 0 Å². The van der Waals surface area contributed by atoms with Gasteiger partial charge in [-0.05, 0) is 42.7 Å². The highest BCUT2D eigenvalue weighted by molar-refractivity contribution is 8.03. The van der Waals surface area contributed by atoms with Gasteiger partial charge < -0.3 is 5.73 Å². The van der Waals surface area contributed by atoms with Crippen molar-refractivity contribution in [2.75, 3.05) is 5.73 Å². The van der Waals surface area contributed by atoms with Gasteiger partial charge in [0, 0.05) is 11.0 Å². The molecule has 0 atom stereocenters. The monoisotopic (exact) mass is 250 g/mol. The highest BCUT2D eigenvalue weighted by Gasteiger charge is 2.12. The molecule has 2 rings (SSSR count). The third-order valence-corrected chi connectivity index (χ3v) is 3.82. The fourth-order valence-corrected chi connectivity index (χ4v) is 2.89. The van der Waals surface area contributed by atoms with Crippen LogP contribution in [-0.2, 0) is 0 Å². The minimum Gasteiger partial charge on any atom is -0.393 e. The normalized spacial score (nSPS) is 15.4. The molecule has 90 valence electrons. The van der Waals surface area contributed by atoms with Crippen LogP contribution in [0.5, 0.6) is 0 Å². The highest BCUT2D eigenvalue weighted by atomic mass is 32.2. The topological polar surface area (TPSA) is 69.2 Å². The van der Waals surface area contributed by atoms with Crippen LogP contribution >= 0.6 is 11.8 Å². The van der Waals surface area contributed by atoms with Crippen LogP contribution in [-0.4, -0.2) is 4.92 Å². The molecule has 0 radical (unpaired) electrons. The second-order valence-corrected chi connectivity index (χ2v) is 5.20. The third kappa shape index (κ3) is 3.00. The molecule has 1 aromatic rings. The lowest BCUT2D eigenvalue weighted by Crippen LogP contribution is -1.95. The maximum atomic E-state index is 10.6. The zero-order valence-electron chi connectivity index (χ0n) is 9.39. The van der Waals surface area contributed by atoms with E-state index in [1.165, 1.54) is 23.8 Å². The Bertz CT molecular complexity index is 472. The Labute approximate surface area is 104 Å². The van der Waals surface area contributed by atoms with Gasteiger partial charge in [-0.1, -0.05) is 17.8 Å². The van der Waals surface area contributed by atoms with E-state index >= 15 is 0 Å². The summed E-state index contributed by atoms with van der Waals surface area (Å²) in [7, 11) is 0. The van der Waals surface area contributed by atoms with E-state index in [2.05, 4.69) is 6.08 Å². The maximum Gasteiger partial charge on any atom is 0.292 e. The molecule has 0 amide bonds. The molecule has 0 spiro atoms. The molecule has 1 aliphatic carbocycles. The van der Waals surface area contributed by atoms with Gasteiger partial charge in [-0.25, -0.2) is 0 Å². The smallest absolute Gasteiger partial charge is 0.292 e. The highest BCUT2D eigenvalue weighted by Crippen LogP contribution is 2.36. The number of nitrogens with two attached hydrogens (primary N) is 1. The van der Waals surface area contributed by atoms with Crippen molar-refractivity contribution in [3.8, 4) is 0 Å². The lowest BCUT2D eigenvalue weighted by Gasteiger charge is -2.12. The fourth-order valence-electron chi connectivity index (χ4n) is 1.82. The number of nitrogen functional groups attached to an aromatic ring is 1. The largest absolute Gasteiger partial charge is 0.393 e. The Morgan fingerprint density at radius 3 is 2.76 bits per heavy atom. The summed E-state index contributed by atoms with van der Waals surface area (Å²) in [5.41, 5.74) is 5.86. The van der Waals surface area contributed by atoms with Crippen LogP contribution in [0.3, 0.4) is 0 Å². The molecule has 0 fully saturated rings. The van der Waals surface area contributed by atoms with Crippen molar-refractivity contribution in [1.29, 1.82) is 0 Å². The van der Waals surface area contributed by atoms with E-state index in [0.29, 0.717) is 0 Å². The SMILES string of the molecule is Nc1cc(SC2=CCCCC2)ccc1[N+](=O)[O-]. The summed E-state index contributed by atoms with van der Waals surface area (Å²) in [6.07, 6.45) is 6.95. The summed E-state index contributed by atoms with van der Waals surface area (Å²) in [4.78, 5) is 12.5. The third-order valence-electron chi connectivity index (χ3n) is 2.69. The van der Waals surface area contributed by atoms with Crippen molar-refractivity contribution in [2.45, 2.75) is 30.6 Å². The second kappa shape index (κ2) is 5.23. The van der Waals surface area contributed by atoms with Crippen LogP contribution in [0, 0.1) is 10.1 Å². The van der Waals surface area contributed by atoms with Crippen LogP contribution in [0.4, 0.5) is 11.4 Å². The summed E-state index contributed by atoms with van der Waals surface area (Å²) >= 11 is 1.66. The van der Waals surface area contributed by atoms with Crippen LogP contribution in [0.15, 0.2) is 34.1 Å². The number of hydrogen-bond acceptors (Lipinski definition) is 4. The second-order valence-electron chi connectivity index (χ2n) is 4.00. The summed E-state index contributed by atoms with van der Waals surface area (Å²) < 4.78 is 0. The van der Waals surface area contributed by atoms with Crippen LogP contribution < -0.4 is 5.73 Å². The van der Waals surface area contributed by atoms with Gasteiger partial charge in [0.05, 0.1) is 4.92 Å². The van der Waals surface area contributed by atoms with Gasteiger partial charge in [-0.15, -0.1) is 0 Å². The number of rotatable bonds is 3. The lowest BCUT2D eigenvalue weighted by atomic mass is 10.1. The van der Waals surface area contributed by atoms with E-state index in [1.54, 1.807) is 23.9 Å². The summed E-state index contributed by atoms with van der Waals surface area (Å²) in [6.45, 7) is 0. The molecule has 0 aliphatic heterocycles. The zero-order chi connectivity index (χ0) is 12.3. The van der Waals surface area contributed by atoms with Gasteiger partial charge in [0.15, 0.2) is 0 Å². The van der Waals surface area contributed by atoms with Crippen molar-refractivity contribution < 1.29 is 4.92 Å². The summed E-state index contributed by atoms with van der Waals surface area (Å²) in [6, 6.07) is 4.91. The predicted molar refractivity (Wildman–Crippen MR) is 69.9 cm³/mol. The summed E-state index contributed by atoms with van der Waals surface area (Å²) in [5.74, 6) is 0. The number of hydrogen-bond donors (Lipinski definition) is 1. The van der Waals surface area contributed by atoms with Gasteiger partial charge in [0.1, 0.15) is 5.69 Å². The average molecular weight is 250 g/mol. The maximum absolute atomic E-state index is 10.6. The van der Waals surface area contributed by atoms with Crippen molar-refractivity contribution in [3.05, 3.63) is 39.3 Å². The Hall–Kier alpha value is -1.49. The number of nitro groups is 1. The quantitative estimate of drug-likeness (QED) is 0.504. The Balaban J connectivity index is 2.14. The molecule has 17 heavy (non-hydrogen) atoms. The van der Waals surface area contributed by atoms with E-state index in [1.807, 2.05) is 0 Å². The molecule has 1 aliphatic rings. The Morgan fingerprint density at radius 1 is 1.35 bits per heavy atom. The standard InChI is InChI=1S/C12H14N2O2S/c13-11-8-10(6-7-12(11)14(15)16)17-9-4-2-1-3-5-9/h4,6-8H,1-3,5,13H2. The van der Waals surface area contributed by atoms with E-state index in [9.17, 15) is 10.1 Å². The van der Waals surface area contributed by atoms with E-state index in [0.717, 1.165) is 17.7 Å². The number of allylic oxidation sites excluding steroid dienone is 2. The minimum absolute atomic E-state index is 0.0213. The van der Waals surface area contributed by atoms with Gasteiger partial charge in [0.2, 0.25) is 0 Å². The minimum atomic E-state index is -0.455. The first-order chi connectivity index (χ1) is 8.16. The Morgan fingerprint density at radius 2 is 2.18 bits per heavy atom. The molecule has 0 saturated heterocycles. The van der Waals surface area contributed by atoms with Gasteiger partial charge in [0.25, 0.3) is 5.69 Å². The number of benzene rings is 1. The van der Waals surface area contributed by atoms with Crippen molar-refractivity contribution in [3.63, 3.8) is 0 Å².